The molecule has 2 heterocycles. The zero-order valence-electron chi connectivity index (χ0n) is 20.3. The van der Waals surface area contributed by atoms with Crippen LogP contribution in [-0.4, -0.2) is 32.1 Å². The molecular formula is C29H28FN3O3. The summed E-state index contributed by atoms with van der Waals surface area (Å²) in [5, 5.41) is 12.6. The lowest BCUT2D eigenvalue weighted by Crippen LogP contribution is -2.59. The summed E-state index contributed by atoms with van der Waals surface area (Å²) in [6.07, 6.45) is 6.54. The Bertz CT molecular complexity index is 1440. The Balaban J connectivity index is 1.39. The number of pyridine rings is 1. The number of hydrogen-bond donors (Lipinski definition) is 2. The number of carboxylic acid groups (broad SMARTS) is 1. The van der Waals surface area contributed by atoms with E-state index in [9.17, 15) is 14.0 Å². The van der Waals surface area contributed by atoms with Gasteiger partial charge < -0.3 is 15.0 Å². The Morgan fingerprint density at radius 3 is 2.33 bits per heavy atom. The number of benzene rings is 2. The quantitative estimate of drug-likeness (QED) is 0.354. The van der Waals surface area contributed by atoms with E-state index in [4.69, 9.17) is 5.11 Å². The lowest BCUT2D eigenvalue weighted by Gasteiger charge is -2.52. The lowest BCUT2D eigenvalue weighted by atomic mass is 9.57. The fourth-order valence-corrected chi connectivity index (χ4v) is 5.90. The molecule has 36 heavy (non-hydrogen) atoms. The summed E-state index contributed by atoms with van der Waals surface area (Å²) in [6, 6.07) is 16.6. The van der Waals surface area contributed by atoms with Gasteiger partial charge in [0.2, 0.25) is 0 Å². The van der Waals surface area contributed by atoms with E-state index in [1.165, 1.54) is 12.1 Å². The first-order valence-electron chi connectivity index (χ1n) is 12.0. The van der Waals surface area contributed by atoms with Gasteiger partial charge in [0.05, 0.1) is 17.5 Å². The normalized spacial score (nSPS) is 21.2. The molecule has 4 aromatic rings. The van der Waals surface area contributed by atoms with Gasteiger partial charge in [-0.15, -0.1) is 0 Å². The number of aliphatic carboxylic acids is 1. The van der Waals surface area contributed by atoms with E-state index in [1.807, 2.05) is 54.8 Å². The van der Waals surface area contributed by atoms with E-state index in [-0.39, 0.29) is 23.6 Å². The molecule has 7 heteroatoms. The molecule has 0 aliphatic heterocycles. The molecule has 0 bridgehead atoms. The first-order chi connectivity index (χ1) is 17.1. The van der Waals surface area contributed by atoms with Gasteiger partial charge in [-0.3, -0.25) is 14.6 Å². The summed E-state index contributed by atoms with van der Waals surface area (Å²) in [7, 11) is 0. The summed E-state index contributed by atoms with van der Waals surface area (Å²) in [5.41, 5.74) is 3.29. The third-order valence-electron chi connectivity index (χ3n) is 7.06. The highest BCUT2D eigenvalue weighted by Gasteiger charge is 2.50. The Morgan fingerprint density at radius 1 is 1.00 bits per heavy atom. The van der Waals surface area contributed by atoms with Crippen LogP contribution in [0.25, 0.3) is 22.0 Å². The molecular weight excluding hydrogens is 457 g/mol. The summed E-state index contributed by atoms with van der Waals surface area (Å²) >= 11 is 0. The van der Waals surface area contributed by atoms with Crippen LogP contribution in [0.3, 0.4) is 0 Å². The van der Waals surface area contributed by atoms with Gasteiger partial charge in [0.15, 0.2) is 0 Å². The SMILES string of the molecule is CC1(CC(=O)O)CC(C)(NC(=O)c2ccc(F)c3ccn(Cc4ccc(-c5ccncc5)cc4)c23)C1. The smallest absolute Gasteiger partial charge is 0.303 e. The van der Waals surface area contributed by atoms with Crippen LogP contribution in [-0.2, 0) is 11.3 Å². The van der Waals surface area contributed by atoms with E-state index < -0.39 is 11.5 Å². The standard InChI is InChI=1S/C29H28FN3O3/c1-28(15-25(34)35)17-29(2,18-28)32-27(36)23-7-8-24(30)22-11-14-33(26(22)23)16-19-3-5-20(6-4-19)21-9-12-31-13-10-21/h3-14H,15-18H2,1-2H3,(H,32,36)(H,34,35). The van der Waals surface area contributed by atoms with Crippen LogP contribution < -0.4 is 5.32 Å². The molecule has 1 aliphatic carbocycles. The largest absolute Gasteiger partial charge is 0.481 e. The first kappa shape index (κ1) is 23.7. The highest BCUT2D eigenvalue weighted by molar-refractivity contribution is 6.06. The molecule has 2 aromatic carbocycles. The number of halogens is 1. The number of nitrogens with one attached hydrogen (secondary N) is 1. The van der Waals surface area contributed by atoms with Crippen LogP contribution in [0, 0.1) is 11.2 Å². The lowest BCUT2D eigenvalue weighted by molar-refractivity contribution is -0.142. The van der Waals surface area contributed by atoms with E-state index in [0.29, 0.717) is 35.9 Å². The Labute approximate surface area is 208 Å². The number of rotatable bonds is 7. The van der Waals surface area contributed by atoms with Crippen LogP contribution in [0.1, 0.15) is 49.0 Å². The highest BCUT2D eigenvalue weighted by Crippen LogP contribution is 2.50. The molecule has 0 radical (unpaired) electrons. The first-order valence-corrected chi connectivity index (χ1v) is 12.0. The number of carbonyl (C=O) groups excluding carboxylic acids is 1. The molecule has 1 amide bonds. The third-order valence-corrected chi connectivity index (χ3v) is 7.06. The predicted molar refractivity (Wildman–Crippen MR) is 136 cm³/mol. The zero-order valence-corrected chi connectivity index (χ0v) is 20.3. The highest BCUT2D eigenvalue weighted by atomic mass is 19.1. The van der Waals surface area contributed by atoms with Crippen LogP contribution in [0.4, 0.5) is 4.39 Å². The van der Waals surface area contributed by atoms with Crippen molar-refractivity contribution in [2.75, 3.05) is 0 Å². The van der Waals surface area contributed by atoms with Crippen molar-refractivity contribution in [1.29, 1.82) is 0 Å². The fraction of sp³-hybridized carbons (Fsp3) is 0.276. The van der Waals surface area contributed by atoms with Crippen molar-refractivity contribution in [1.82, 2.24) is 14.9 Å². The zero-order chi connectivity index (χ0) is 25.5. The van der Waals surface area contributed by atoms with Crippen molar-refractivity contribution in [3.8, 4) is 11.1 Å². The monoisotopic (exact) mass is 485 g/mol. The molecule has 6 nitrogen and oxygen atoms in total. The molecule has 5 rings (SSSR count). The van der Waals surface area contributed by atoms with Crippen molar-refractivity contribution in [2.45, 2.75) is 45.2 Å². The van der Waals surface area contributed by atoms with Crippen molar-refractivity contribution in [2.24, 2.45) is 5.41 Å². The maximum Gasteiger partial charge on any atom is 0.303 e. The molecule has 0 saturated heterocycles. The van der Waals surface area contributed by atoms with Crippen molar-refractivity contribution in [3.63, 3.8) is 0 Å². The Hall–Kier alpha value is -4.00. The van der Waals surface area contributed by atoms with E-state index in [2.05, 4.69) is 10.3 Å². The third kappa shape index (κ3) is 4.61. The van der Waals surface area contributed by atoms with Gasteiger partial charge in [-0.1, -0.05) is 31.2 Å². The van der Waals surface area contributed by atoms with Gasteiger partial charge in [0.25, 0.3) is 5.91 Å². The van der Waals surface area contributed by atoms with Crippen LogP contribution in [0.5, 0.6) is 0 Å². The summed E-state index contributed by atoms with van der Waals surface area (Å²) in [4.78, 5) is 28.6. The summed E-state index contributed by atoms with van der Waals surface area (Å²) in [5.74, 6) is -1.50. The van der Waals surface area contributed by atoms with Gasteiger partial charge in [-0.05, 0) is 72.2 Å². The molecule has 0 atom stereocenters. The van der Waals surface area contributed by atoms with Gasteiger partial charge in [-0.2, -0.15) is 0 Å². The number of hydrogen-bond acceptors (Lipinski definition) is 3. The fourth-order valence-electron chi connectivity index (χ4n) is 5.90. The van der Waals surface area contributed by atoms with Crippen molar-refractivity contribution in [3.05, 3.63) is 90.1 Å². The molecule has 0 unspecified atom stereocenters. The number of nitrogens with zero attached hydrogens (tertiary/aromatic N) is 2. The molecule has 0 spiro atoms. The van der Waals surface area contributed by atoms with Crippen LogP contribution in [0.2, 0.25) is 0 Å². The van der Waals surface area contributed by atoms with Gasteiger partial charge in [0, 0.05) is 36.1 Å². The van der Waals surface area contributed by atoms with Crippen molar-refractivity contribution < 1.29 is 19.1 Å². The summed E-state index contributed by atoms with van der Waals surface area (Å²) < 4.78 is 16.6. The minimum atomic E-state index is -0.835. The number of carbonyl (C=O) groups is 2. The molecule has 1 saturated carbocycles. The molecule has 1 fully saturated rings. The van der Waals surface area contributed by atoms with Gasteiger partial charge in [0.1, 0.15) is 5.82 Å². The predicted octanol–water partition coefficient (Wildman–Crippen LogP) is 5.65. The van der Waals surface area contributed by atoms with Gasteiger partial charge in [-0.25, -0.2) is 4.39 Å². The minimum Gasteiger partial charge on any atom is -0.481 e. The number of fused-ring (bicyclic) bond motifs is 1. The second-order valence-corrected chi connectivity index (χ2v) is 10.5. The molecule has 1 aliphatic rings. The number of carboxylic acids is 1. The topological polar surface area (TPSA) is 84.2 Å². The average Bonchev–Trinajstić information content (AvgIpc) is 3.23. The number of aromatic nitrogens is 2. The molecule has 2 N–H and O–H groups in total. The maximum absolute atomic E-state index is 14.7. The summed E-state index contributed by atoms with van der Waals surface area (Å²) in [6.45, 7) is 4.34. The maximum atomic E-state index is 14.7. The average molecular weight is 486 g/mol. The van der Waals surface area contributed by atoms with Crippen LogP contribution in [0.15, 0.2) is 73.2 Å². The van der Waals surface area contributed by atoms with E-state index in [1.54, 1.807) is 24.7 Å². The van der Waals surface area contributed by atoms with Crippen molar-refractivity contribution >= 4 is 22.8 Å². The second-order valence-electron chi connectivity index (χ2n) is 10.5. The Kier molecular flexibility index (Phi) is 5.86. The second kappa shape index (κ2) is 8.90. The number of amides is 1. The molecule has 2 aromatic heterocycles. The minimum absolute atomic E-state index is 0.0715. The van der Waals surface area contributed by atoms with E-state index in [0.717, 1.165) is 16.7 Å². The molecule has 184 valence electrons. The van der Waals surface area contributed by atoms with E-state index >= 15 is 0 Å². The Morgan fingerprint density at radius 2 is 1.67 bits per heavy atom. The van der Waals surface area contributed by atoms with Gasteiger partial charge >= 0.3 is 5.97 Å². The van der Waals surface area contributed by atoms with Crippen LogP contribution >= 0.6 is 0 Å².